The molecule has 3 N–H and O–H groups in total. The van der Waals surface area contributed by atoms with E-state index in [0.717, 1.165) is 5.56 Å². The Labute approximate surface area is 231 Å². The molecule has 0 bridgehead atoms. The van der Waals surface area contributed by atoms with E-state index in [0.29, 0.717) is 17.7 Å². The van der Waals surface area contributed by atoms with Gasteiger partial charge in [-0.2, -0.15) is 0 Å². The number of carboxylic acids is 1. The molecule has 0 heterocycles. The number of hydrogen-bond acceptors (Lipinski definition) is 4. The quantitative estimate of drug-likeness (QED) is 0.467. The maximum absolute atomic E-state index is 13.0. The first-order valence-electron chi connectivity index (χ1n) is 10.2. The number of nitrogens with one attached hydrogen (secondary N) is 2. The molecule has 0 radical (unpaired) electrons. The number of ether oxygens (including phenoxy) is 1. The SMILES string of the molecule is Cc1ccccc1OCC(=O)N[C@@H](CC(C)C)C(=O)NC(C)(C(=O)O)c1ccccc1.[KH]. The molecule has 1 unspecified atom stereocenters. The fourth-order valence-corrected chi connectivity index (χ4v) is 3.15. The molecular weight excluding hydrogens is 435 g/mol. The van der Waals surface area contributed by atoms with Crippen molar-refractivity contribution in [1.29, 1.82) is 0 Å². The van der Waals surface area contributed by atoms with Gasteiger partial charge in [0.15, 0.2) is 12.1 Å². The van der Waals surface area contributed by atoms with Crippen molar-refractivity contribution in [2.75, 3.05) is 6.61 Å². The van der Waals surface area contributed by atoms with E-state index in [4.69, 9.17) is 4.74 Å². The third kappa shape index (κ3) is 8.01. The average Bonchev–Trinajstić information content (AvgIpc) is 2.72. The molecule has 2 rings (SSSR count). The Bertz CT molecular complexity index is 920. The standard InChI is InChI=1S/C24H30N2O5.K.H/c1-16(2)14-19(25-21(27)15-31-20-13-9-8-10-17(20)3)22(28)26-24(4,23(29)30)18-11-6-5-7-12-18;;/h5-13,16,19H,14-15H2,1-4H3,(H,25,27)(H,26,28)(H,29,30);;/t19-,24?;;/m0../s1. The topological polar surface area (TPSA) is 105 Å². The summed E-state index contributed by atoms with van der Waals surface area (Å²) in [5, 5.41) is 15.1. The van der Waals surface area contributed by atoms with Gasteiger partial charge in [-0.25, -0.2) is 4.79 Å². The van der Waals surface area contributed by atoms with Gasteiger partial charge in [-0.3, -0.25) is 9.59 Å². The van der Waals surface area contributed by atoms with E-state index in [1.54, 1.807) is 36.4 Å². The molecule has 2 atom stereocenters. The number of benzene rings is 2. The van der Waals surface area contributed by atoms with Crippen LogP contribution in [0.4, 0.5) is 0 Å². The van der Waals surface area contributed by atoms with E-state index in [1.807, 2.05) is 39.0 Å². The molecule has 0 fully saturated rings. The first kappa shape index (κ1) is 28.3. The van der Waals surface area contributed by atoms with E-state index in [2.05, 4.69) is 10.6 Å². The van der Waals surface area contributed by atoms with Crippen molar-refractivity contribution >= 4 is 69.2 Å². The minimum atomic E-state index is -1.63. The van der Waals surface area contributed by atoms with Crippen molar-refractivity contribution in [2.24, 2.45) is 5.92 Å². The fraction of sp³-hybridized carbons (Fsp3) is 0.375. The van der Waals surface area contributed by atoms with Crippen LogP contribution in [0.5, 0.6) is 5.75 Å². The molecule has 2 aromatic rings. The Balaban J connectivity index is 0.00000512. The van der Waals surface area contributed by atoms with Gasteiger partial charge in [0, 0.05) is 0 Å². The van der Waals surface area contributed by atoms with Crippen LogP contribution in [0.1, 0.15) is 38.3 Å². The number of para-hydroxylation sites is 1. The van der Waals surface area contributed by atoms with Crippen LogP contribution in [0.2, 0.25) is 0 Å². The summed E-state index contributed by atoms with van der Waals surface area (Å²) in [7, 11) is 0. The monoisotopic (exact) mass is 466 g/mol. The van der Waals surface area contributed by atoms with Crippen LogP contribution in [0.3, 0.4) is 0 Å². The molecule has 7 nitrogen and oxygen atoms in total. The predicted octanol–water partition coefficient (Wildman–Crippen LogP) is 2.37. The number of carbonyl (C=O) groups excluding carboxylic acids is 2. The number of amides is 2. The second-order valence-electron chi connectivity index (χ2n) is 8.09. The van der Waals surface area contributed by atoms with Gasteiger partial charge in [-0.15, -0.1) is 0 Å². The van der Waals surface area contributed by atoms with Crippen molar-refractivity contribution in [3.8, 4) is 5.75 Å². The number of carbonyl (C=O) groups is 3. The van der Waals surface area contributed by atoms with Gasteiger partial charge in [-0.05, 0) is 43.4 Å². The van der Waals surface area contributed by atoms with Crippen LogP contribution in [-0.2, 0) is 19.9 Å². The van der Waals surface area contributed by atoms with Gasteiger partial charge >= 0.3 is 57.4 Å². The molecule has 8 heteroatoms. The van der Waals surface area contributed by atoms with Crippen molar-refractivity contribution in [1.82, 2.24) is 10.6 Å². The van der Waals surface area contributed by atoms with E-state index in [-0.39, 0.29) is 63.9 Å². The summed E-state index contributed by atoms with van der Waals surface area (Å²) in [6.07, 6.45) is 0.354. The molecule has 0 saturated carbocycles. The molecule has 168 valence electrons. The van der Waals surface area contributed by atoms with E-state index in [1.165, 1.54) is 6.92 Å². The Morgan fingerprint density at radius 2 is 1.62 bits per heavy atom. The zero-order valence-corrected chi connectivity index (χ0v) is 18.3. The number of carboxylic acid groups (broad SMARTS) is 1. The maximum atomic E-state index is 13.0. The summed E-state index contributed by atoms with van der Waals surface area (Å²) in [6, 6.07) is 14.9. The number of aliphatic carboxylic acids is 1. The number of rotatable bonds is 10. The Morgan fingerprint density at radius 3 is 2.19 bits per heavy atom. The normalized spacial score (nSPS) is 13.3. The summed E-state index contributed by atoms with van der Waals surface area (Å²) in [5.74, 6) is -1.52. The molecule has 2 aromatic carbocycles. The molecular formula is C24H31KN2O5. The molecule has 0 aliphatic carbocycles. The van der Waals surface area contributed by atoms with Crippen LogP contribution < -0.4 is 15.4 Å². The minimum absolute atomic E-state index is 0. The molecule has 0 spiro atoms. The molecule has 0 aliphatic rings. The Kier molecular flexibility index (Phi) is 11.6. The summed E-state index contributed by atoms with van der Waals surface area (Å²) < 4.78 is 5.55. The van der Waals surface area contributed by atoms with Gasteiger partial charge in [-0.1, -0.05) is 62.4 Å². The Morgan fingerprint density at radius 1 is 1.03 bits per heavy atom. The average molecular weight is 467 g/mol. The van der Waals surface area contributed by atoms with Crippen LogP contribution >= 0.6 is 0 Å². The predicted molar refractivity (Wildman–Crippen MR) is 125 cm³/mol. The number of aryl methyl sites for hydroxylation is 1. The summed E-state index contributed by atoms with van der Waals surface area (Å²) in [4.78, 5) is 37.5. The molecule has 0 aliphatic heterocycles. The molecule has 32 heavy (non-hydrogen) atoms. The summed E-state index contributed by atoms with van der Waals surface area (Å²) in [5.41, 5.74) is -0.295. The Hall–Kier alpha value is -1.71. The second kappa shape index (κ2) is 13.1. The van der Waals surface area contributed by atoms with Crippen LogP contribution in [0, 0.1) is 12.8 Å². The van der Waals surface area contributed by atoms with Crippen LogP contribution in [0.15, 0.2) is 54.6 Å². The van der Waals surface area contributed by atoms with Crippen molar-refractivity contribution < 1.29 is 24.2 Å². The summed E-state index contributed by atoms with van der Waals surface area (Å²) in [6.45, 7) is 6.89. The van der Waals surface area contributed by atoms with E-state index < -0.39 is 29.4 Å². The van der Waals surface area contributed by atoms with Gasteiger partial charge < -0.3 is 20.5 Å². The van der Waals surface area contributed by atoms with E-state index in [9.17, 15) is 19.5 Å². The van der Waals surface area contributed by atoms with Crippen molar-refractivity contribution in [3.63, 3.8) is 0 Å². The second-order valence-corrected chi connectivity index (χ2v) is 8.09. The van der Waals surface area contributed by atoms with E-state index >= 15 is 0 Å². The van der Waals surface area contributed by atoms with Crippen LogP contribution in [0.25, 0.3) is 0 Å². The molecule has 0 aromatic heterocycles. The van der Waals surface area contributed by atoms with Gasteiger partial charge in [0.1, 0.15) is 11.8 Å². The molecule has 2 amide bonds. The number of hydrogen-bond donors (Lipinski definition) is 3. The zero-order chi connectivity index (χ0) is 23.0. The van der Waals surface area contributed by atoms with Gasteiger partial charge in [0.2, 0.25) is 5.91 Å². The van der Waals surface area contributed by atoms with Crippen molar-refractivity contribution in [2.45, 2.75) is 45.7 Å². The third-order valence-electron chi connectivity index (χ3n) is 4.96. The zero-order valence-electron chi connectivity index (χ0n) is 18.3. The van der Waals surface area contributed by atoms with Gasteiger partial charge in [0.25, 0.3) is 5.91 Å². The first-order chi connectivity index (χ1) is 14.6. The van der Waals surface area contributed by atoms with Crippen LogP contribution in [-0.4, -0.2) is 86.9 Å². The first-order valence-corrected chi connectivity index (χ1v) is 10.2. The third-order valence-corrected chi connectivity index (χ3v) is 4.96. The molecule has 0 saturated heterocycles. The summed E-state index contributed by atoms with van der Waals surface area (Å²) >= 11 is 0. The van der Waals surface area contributed by atoms with Crippen molar-refractivity contribution in [3.05, 3.63) is 65.7 Å². The van der Waals surface area contributed by atoms with Gasteiger partial charge in [0.05, 0.1) is 0 Å². The fourth-order valence-electron chi connectivity index (χ4n) is 3.15.